The van der Waals surface area contributed by atoms with Gasteiger partial charge >= 0.3 is 25.7 Å². The molecule has 0 radical (unpaired) electrons. The van der Waals surface area contributed by atoms with Crippen LogP contribution in [0.3, 0.4) is 0 Å². The Bertz CT molecular complexity index is 1640. The zero-order chi connectivity index (χ0) is 55.5. The van der Waals surface area contributed by atoms with Crippen molar-refractivity contribution >= 4 is 25.7 Å². The lowest BCUT2D eigenvalue weighted by atomic mass is 10.1. The van der Waals surface area contributed by atoms with Gasteiger partial charge in [0.05, 0.1) is 19.8 Å². The second-order valence-corrected chi connectivity index (χ2v) is 21.2. The van der Waals surface area contributed by atoms with Crippen molar-refractivity contribution in [3.63, 3.8) is 0 Å². The van der Waals surface area contributed by atoms with Gasteiger partial charge in [-0.2, -0.15) is 0 Å². The van der Waals surface area contributed by atoms with Crippen LogP contribution in [0.15, 0.2) is 97.2 Å². The first-order valence-electron chi connectivity index (χ1n) is 30.1. The number of hydrogen-bond donors (Lipinski definition) is 2. The third-order valence-corrected chi connectivity index (χ3v) is 13.4. The number of allylic oxidation sites excluding steroid dienone is 16. The molecule has 76 heavy (non-hydrogen) atoms. The molecule has 0 rings (SSSR count). The van der Waals surface area contributed by atoms with Crippen LogP contribution >= 0.6 is 7.82 Å². The number of hydrogen-bond acceptors (Lipinski definition) is 10. The summed E-state index contributed by atoms with van der Waals surface area (Å²) in [6.07, 6.45) is 67.9. The predicted octanol–water partition coefficient (Wildman–Crippen LogP) is 18.0. The van der Waals surface area contributed by atoms with Crippen molar-refractivity contribution in [3.8, 4) is 0 Å². The summed E-state index contributed by atoms with van der Waals surface area (Å²) in [5.41, 5.74) is 0. The first kappa shape index (κ1) is 72.4. The maximum Gasteiger partial charge on any atom is 0.472 e. The fourth-order valence-electron chi connectivity index (χ4n) is 7.88. The first-order valence-corrected chi connectivity index (χ1v) is 31.6. The number of aliphatic hydroxyl groups excluding tert-OH is 1. The van der Waals surface area contributed by atoms with Crippen molar-refractivity contribution < 1.29 is 52.2 Å². The summed E-state index contributed by atoms with van der Waals surface area (Å²) < 4.78 is 39.5. The Balaban J connectivity index is 4.81. The molecule has 0 fully saturated rings. The van der Waals surface area contributed by atoms with Gasteiger partial charge in [0.15, 0.2) is 6.10 Å². The van der Waals surface area contributed by atoms with Crippen molar-refractivity contribution in [1.82, 2.24) is 0 Å². The molecule has 0 aliphatic heterocycles. The summed E-state index contributed by atoms with van der Waals surface area (Å²) in [5.74, 6) is -1.53. The smallest absolute Gasteiger partial charge is 0.462 e. The van der Waals surface area contributed by atoms with Gasteiger partial charge in [-0.25, -0.2) is 4.57 Å². The number of esters is 3. The van der Waals surface area contributed by atoms with E-state index in [0.717, 1.165) is 135 Å². The summed E-state index contributed by atoms with van der Waals surface area (Å²) in [6, 6.07) is 0. The predicted molar refractivity (Wildman–Crippen MR) is 316 cm³/mol. The molecule has 0 aliphatic carbocycles. The van der Waals surface area contributed by atoms with Crippen molar-refractivity contribution in [1.29, 1.82) is 0 Å². The van der Waals surface area contributed by atoms with E-state index in [4.69, 9.17) is 23.3 Å². The Morgan fingerprint density at radius 2 is 0.684 bits per heavy atom. The topological polar surface area (TPSA) is 155 Å². The van der Waals surface area contributed by atoms with Crippen LogP contribution in [0.2, 0.25) is 0 Å². The van der Waals surface area contributed by atoms with Gasteiger partial charge in [0.2, 0.25) is 0 Å². The molecule has 0 aliphatic rings. The van der Waals surface area contributed by atoms with Crippen LogP contribution in [0.1, 0.15) is 252 Å². The lowest BCUT2D eigenvalue weighted by molar-refractivity contribution is -0.161. The van der Waals surface area contributed by atoms with Gasteiger partial charge in [-0.1, -0.05) is 208 Å². The third kappa shape index (κ3) is 55.2. The number of ether oxygens (including phenoxy) is 3. The van der Waals surface area contributed by atoms with Crippen molar-refractivity contribution in [2.75, 3.05) is 26.4 Å². The van der Waals surface area contributed by atoms with Crippen molar-refractivity contribution in [2.45, 2.75) is 264 Å². The Morgan fingerprint density at radius 1 is 0.382 bits per heavy atom. The van der Waals surface area contributed by atoms with Crippen LogP contribution in [-0.2, 0) is 42.2 Å². The minimum atomic E-state index is -4.77. The largest absolute Gasteiger partial charge is 0.472 e. The van der Waals surface area contributed by atoms with Gasteiger partial charge in [-0.15, -0.1) is 0 Å². The fourth-order valence-corrected chi connectivity index (χ4v) is 8.66. The monoisotopic (exact) mass is 1080 g/mol. The molecule has 0 bridgehead atoms. The van der Waals surface area contributed by atoms with Crippen LogP contribution < -0.4 is 0 Å². The van der Waals surface area contributed by atoms with E-state index in [0.29, 0.717) is 19.3 Å². The van der Waals surface area contributed by atoms with Gasteiger partial charge in [0, 0.05) is 19.3 Å². The third-order valence-electron chi connectivity index (χ3n) is 12.5. The lowest BCUT2D eigenvalue weighted by Gasteiger charge is -2.21. The van der Waals surface area contributed by atoms with E-state index >= 15 is 0 Å². The van der Waals surface area contributed by atoms with Gasteiger partial charge in [-0.3, -0.25) is 23.4 Å². The van der Waals surface area contributed by atoms with Gasteiger partial charge in [0.25, 0.3) is 0 Å². The number of rotatable bonds is 55. The first-order chi connectivity index (χ1) is 37.2. The number of phosphoric acid groups is 1. The van der Waals surface area contributed by atoms with Gasteiger partial charge in [-0.05, 0) is 122 Å². The number of unbranched alkanes of at least 4 members (excludes halogenated alkanes) is 22. The fraction of sp³-hybridized carbons (Fsp3) is 0.703. The van der Waals surface area contributed by atoms with E-state index in [1.54, 1.807) is 0 Å². The Labute approximate surface area is 463 Å². The summed E-state index contributed by atoms with van der Waals surface area (Å²) in [5, 5.41) is 9.83. The SMILES string of the molecule is CC/C=C\C/C=C\C/C=C\C/C=C\C/C=C\CCCCCC(=O)OC(COC(=O)CCCCCCC/C=C\C/C=C\CCCCC)COP(=O)(O)OCC(CO)OC(=O)CCCCCCC/C=C\CCCCCCCC. The summed E-state index contributed by atoms with van der Waals surface area (Å²) in [6.45, 7) is 4.44. The van der Waals surface area contributed by atoms with Crippen molar-refractivity contribution in [2.24, 2.45) is 0 Å². The highest BCUT2D eigenvalue weighted by atomic mass is 31.2. The molecule has 436 valence electrons. The molecule has 0 heterocycles. The van der Waals surface area contributed by atoms with Crippen LogP contribution in [0.4, 0.5) is 0 Å². The zero-order valence-corrected chi connectivity index (χ0v) is 49.1. The molecule has 3 atom stereocenters. The van der Waals surface area contributed by atoms with E-state index in [9.17, 15) is 28.9 Å². The van der Waals surface area contributed by atoms with Crippen LogP contribution in [0.25, 0.3) is 0 Å². The minimum Gasteiger partial charge on any atom is -0.462 e. The van der Waals surface area contributed by atoms with E-state index in [2.05, 4.69) is 118 Å². The molecule has 0 spiro atoms. The lowest BCUT2D eigenvalue weighted by Crippen LogP contribution is -2.30. The Kier molecular flexibility index (Phi) is 54.8. The molecule has 12 heteroatoms. The molecule has 11 nitrogen and oxygen atoms in total. The maximum atomic E-state index is 12.9. The number of carbonyl (C=O) groups excluding carboxylic acids is 3. The molecular weight excluding hydrogens is 976 g/mol. The van der Waals surface area contributed by atoms with E-state index in [-0.39, 0.29) is 25.9 Å². The highest BCUT2D eigenvalue weighted by Crippen LogP contribution is 2.43. The Morgan fingerprint density at radius 3 is 1.11 bits per heavy atom. The number of carbonyl (C=O) groups is 3. The second-order valence-electron chi connectivity index (χ2n) is 19.8. The van der Waals surface area contributed by atoms with Crippen molar-refractivity contribution in [3.05, 3.63) is 97.2 Å². The maximum absolute atomic E-state index is 12.9. The number of aliphatic hydroxyl groups is 1. The highest BCUT2D eigenvalue weighted by Gasteiger charge is 2.28. The number of phosphoric ester groups is 1. The van der Waals surface area contributed by atoms with Gasteiger partial charge in [0.1, 0.15) is 12.7 Å². The van der Waals surface area contributed by atoms with E-state index in [1.165, 1.54) is 57.8 Å². The molecule has 0 aromatic carbocycles. The van der Waals surface area contributed by atoms with Gasteiger partial charge < -0.3 is 24.2 Å². The van der Waals surface area contributed by atoms with Crippen LogP contribution in [0.5, 0.6) is 0 Å². The molecule has 0 amide bonds. The van der Waals surface area contributed by atoms with Crippen LogP contribution in [-0.4, -0.2) is 66.5 Å². The molecule has 2 N–H and O–H groups in total. The van der Waals surface area contributed by atoms with E-state index in [1.807, 2.05) is 0 Å². The van der Waals surface area contributed by atoms with E-state index < -0.39 is 57.8 Å². The Hall–Kier alpha value is -3.60. The van der Waals surface area contributed by atoms with Crippen LogP contribution in [0, 0.1) is 0 Å². The normalized spacial score (nSPS) is 14.0. The summed E-state index contributed by atoms with van der Waals surface area (Å²) in [4.78, 5) is 48.6. The molecule has 0 aromatic heterocycles. The average Bonchev–Trinajstić information content (AvgIpc) is 3.41. The summed E-state index contributed by atoms with van der Waals surface area (Å²) >= 11 is 0. The molecule has 0 aromatic rings. The summed E-state index contributed by atoms with van der Waals surface area (Å²) in [7, 11) is -4.77. The second kappa shape index (κ2) is 57.6. The molecule has 0 saturated heterocycles. The minimum absolute atomic E-state index is 0.121. The highest BCUT2D eigenvalue weighted by molar-refractivity contribution is 7.47. The molecular formula is C64H109O11P. The zero-order valence-electron chi connectivity index (χ0n) is 48.2. The molecule has 3 unspecified atom stereocenters. The average molecular weight is 1090 g/mol. The molecule has 0 saturated carbocycles. The standard InChI is InChI=1S/C64H109O11P/c1-4-7-10-13-16-19-22-25-28-29-30-31-34-37-40-43-46-49-52-55-64(68)75-61(57-71-62(66)53-50-47-44-41-38-35-32-26-23-20-17-14-11-8-5-2)59-73-76(69,70)72-58-60(56-65)74-63(67)54-51-48-45-42-39-36-33-27-24-21-18-15-12-9-6-3/h7,10,16-17,19-20,25-28,30-33,37,40,60-61,65H,4-6,8-9,11-15,18,21-24,29,34-36,38-39,41-59H2,1-3H3,(H,69,70)/b10-7-,19-16-,20-17-,28-25-,31-30-,32-26-,33-27-,40-37-. The quantitative estimate of drug-likeness (QED) is 0.0197.